The van der Waals surface area contributed by atoms with E-state index < -0.39 is 10.0 Å². The quantitative estimate of drug-likeness (QED) is 0.332. The van der Waals surface area contributed by atoms with Gasteiger partial charge >= 0.3 is 0 Å². The van der Waals surface area contributed by atoms with Crippen LogP contribution < -0.4 is 19.7 Å². The minimum absolute atomic E-state index is 0.230. The van der Waals surface area contributed by atoms with E-state index in [-0.39, 0.29) is 12.1 Å². The number of ether oxygens (including phenoxy) is 1. The number of pyridine rings is 1. The fourth-order valence-electron chi connectivity index (χ4n) is 4.70. The lowest BCUT2D eigenvalue weighted by molar-refractivity contribution is 0.417. The Morgan fingerprint density at radius 2 is 1.86 bits per heavy atom. The molecule has 5 rings (SSSR count). The number of hydrogen-bond donors (Lipinski definition) is 2. The number of nitrogens with zero attached hydrogens (tertiary/aromatic N) is 3. The van der Waals surface area contributed by atoms with Gasteiger partial charge in [-0.2, -0.15) is 0 Å². The van der Waals surface area contributed by atoms with E-state index in [1.54, 1.807) is 18.3 Å². The SMILES string of the molecule is COc1cc(N2C(=S)N[C@H](c3ccccn3)[C@@H]2c2cccn2-c2cccc(C)c2)ccc1NS(C)(=O)=O. The molecular weight excluding hydrogens is 506 g/mol. The average Bonchev–Trinajstić information content (AvgIpc) is 3.48. The molecule has 8 nitrogen and oxygen atoms in total. The Hall–Kier alpha value is -3.89. The third kappa shape index (κ3) is 5.03. The van der Waals surface area contributed by atoms with Gasteiger partial charge in [0.15, 0.2) is 5.11 Å². The maximum atomic E-state index is 11.8. The number of methoxy groups -OCH3 is 1. The summed E-state index contributed by atoms with van der Waals surface area (Å²) in [5.41, 5.74) is 5.20. The summed E-state index contributed by atoms with van der Waals surface area (Å²) >= 11 is 5.86. The van der Waals surface area contributed by atoms with Crippen LogP contribution >= 0.6 is 12.2 Å². The van der Waals surface area contributed by atoms with Gasteiger partial charge in [0.05, 0.1) is 30.8 Å². The van der Waals surface area contributed by atoms with Crippen LogP contribution in [0.15, 0.2) is 85.2 Å². The van der Waals surface area contributed by atoms with Crippen molar-refractivity contribution in [1.29, 1.82) is 0 Å². The molecule has 190 valence electrons. The van der Waals surface area contributed by atoms with Gasteiger partial charge < -0.3 is 19.5 Å². The van der Waals surface area contributed by atoms with Crippen molar-refractivity contribution < 1.29 is 13.2 Å². The van der Waals surface area contributed by atoms with E-state index in [0.717, 1.165) is 34.6 Å². The van der Waals surface area contributed by atoms with Crippen LogP contribution in [0.5, 0.6) is 5.75 Å². The zero-order chi connectivity index (χ0) is 26.2. The normalized spacial score (nSPS) is 17.5. The highest BCUT2D eigenvalue weighted by Crippen LogP contribution is 2.44. The van der Waals surface area contributed by atoms with Crippen molar-refractivity contribution in [1.82, 2.24) is 14.9 Å². The average molecular weight is 534 g/mol. The molecule has 0 saturated carbocycles. The number of benzene rings is 2. The summed E-state index contributed by atoms with van der Waals surface area (Å²) in [6, 6.07) is 23.1. The molecule has 37 heavy (non-hydrogen) atoms. The van der Waals surface area contributed by atoms with Gasteiger partial charge in [0.25, 0.3) is 0 Å². The first kappa shape index (κ1) is 24.8. The topological polar surface area (TPSA) is 88.5 Å². The monoisotopic (exact) mass is 533 g/mol. The van der Waals surface area contributed by atoms with E-state index in [4.69, 9.17) is 17.0 Å². The minimum atomic E-state index is -3.48. The van der Waals surface area contributed by atoms with Crippen LogP contribution in [0, 0.1) is 6.92 Å². The van der Waals surface area contributed by atoms with E-state index >= 15 is 0 Å². The molecule has 10 heteroatoms. The molecule has 0 amide bonds. The van der Waals surface area contributed by atoms with Gasteiger partial charge in [-0.3, -0.25) is 9.71 Å². The summed E-state index contributed by atoms with van der Waals surface area (Å²) in [6.07, 6.45) is 4.92. The Morgan fingerprint density at radius 1 is 1.03 bits per heavy atom. The van der Waals surface area contributed by atoms with E-state index in [0.29, 0.717) is 16.5 Å². The van der Waals surface area contributed by atoms with E-state index in [2.05, 4.69) is 50.8 Å². The van der Waals surface area contributed by atoms with Crippen LogP contribution in [0.3, 0.4) is 0 Å². The van der Waals surface area contributed by atoms with Crippen LogP contribution in [-0.2, 0) is 10.0 Å². The number of aromatic nitrogens is 2. The number of hydrogen-bond acceptors (Lipinski definition) is 5. The predicted octanol–water partition coefficient (Wildman–Crippen LogP) is 4.74. The van der Waals surface area contributed by atoms with Gasteiger partial charge in [-0.15, -0.1) is 0 Å². The first-order chi connectivity index (χ1) is 17.7. The highest BCUT2D eigenvalue weighted by molar-refractivity contribution is 7.92. The highest BCUT2D eigenvalue weighted by Gasteiger charge is 2.42. The zero-order valence-corrected chi connectivity index (χ0v) is 22.3. The van der Waals surface area contributed by atoms with Crippen molar-refractivity contribution in [3.05, 3.63) is 102 Å². The molecule has 1 aliphatic rings. The van der Waals surface area contributed by atoms with Crippen LogP contribution in [0.1, 0.15) is 29.0 Å². The summed E-state index contributed by atoms with van der Waals surface area (Å²) in [5.74, 6) is 0.389. The maximum absolute atomic E-state index is 11.8. The Morgan fingerprint density at radius 3 is 2.57 bits per heavy atom. The first-order valence-electron chi connectivity index (χ1n) is 11.7. The minimum Gasteiger partial charge on any atom is -0.494 e. The molecule has 0 unspecified atom stereocenters. The molecule has 3 heterocycles. The molecule has 2 atom stereocenters. The number of anilines is 2. The van der Waals surface area contributed by atoms with Crippen molar-refractivity contribution in [2.75, 3.05) is 23.0 Å². The molecule has 0 radical (unpaired) electrons. The summed E-state index contributed by atoms with van der Waals surface area (Å²) < 4.78 is 33.9. The summed E-state index contributed by atoms with van der Waals surface area (Å²) in [5, 5.41) is 4.00. The smallest absolute Gasteiger partial charge is 0.229 e. The van der Waals surface area contributed by atoms with E-state index in [1.165, 1.54) is 7.11 Å². The van der Waals surface area contributed by atoms with Gasteiger partial charge in [-0.1, -0.05) is 18.2 Å². The van der Waals surface area contributed by atoms with Gasteiger partial charge in [0.2, 0.25) is 10.0 Å². The molecule has 1 fully saturated rings. The molecule has 4 aromatic rings. The molecule has 0 aliphatic carbocycles. The second kappa shape index (κ2) is 9.87. The highest BCUT2D eigenvalue weighted by atomic mass is 32.2. The van der Waals surface area contributed by atoms with Crippen molar-refractivity contribution in [2.45, 2.75) is 19.0 Å². The second-order valence-electron chi connectivity index (χ2n) is 8.90. The number of sulfonamides is 1. The third-order valence-electron chi connectivity index (χ3n) is 6.22. The van der Waals surface area contributed by atoms with Crippen LogP contribution in [0.25, 0.3) is 5.69 Å². The number of nitrogens with one attached hydrogen (secondary N) is 2. The zero-order valence-electron chi connectivity index (χ0n) is 20.6. The second-order valence-corrected chi connectivity index (χ2v) is 11.0. The Labute approximate surface area is 222 Å². The van der Waals surface area contributed by atoms with E-state index in [1.807, 2.05) is 47.5 Å². The third-order valence-corrected chi connectivity index (χ3v) is 7.13. The Bertz CT molecular complexity index is 1550. The molecule has 1 aliphatic heterocycles. The number of thiocarbonyl (C=S) groups is 1. The van der Waals surface area contributed by atoms with Gasteiger partial charge in [-0.05, 0) is 73.2 Å². The van der Waals surface area contributed by atoms with Gasteiger partial charge in [0.1, 0.15) is 11.8 Å². The standard InChI is InChI=1S/C27H27N5O3S2/c1-18-8-6-9-19(16-18)31-15-7-11-23(31)26-25(22-10-4-5-14-28-22)29-27(36)32(26)20-12-13-21(24(17-20)35-2)30-37(3,33)34/h4-17,25-26,30H,1-3H3,(H,29,36)/t25-,26+/m1/s1. The lowest BCUT2D eigenvalue weighted by atomic mass is 10.0. The molecule has 1 saturated heterocycles. The van der Waals surface area contributed by atoms with Crippen LogP contribution in [-0.4, -0.2) is 36.4 Å². The number of rotatable bonds is 7. The fraction of sp³-hybridized carbons (Fsp3) is 0.185. The summed E-state index contributed by atoms with van der Waals surface area (Å²) in [7, 11) is -1.97. The number of aryl methyl sites for hydroxylation is 1. The maximum Gasteiger partial charge on any atom is 0.229 e. The molecule has 0 bridgehead atoms. The molecular formula is C27H27N5O3S2. The van der Waals surface area contributed by atoms with Crippen LogP contribution in [0.2, 0.25) is 0 Å². The Balaban J connectivity index is 1.65. The van der Waals surface area contributed by atoms with E-state index in [9.17, 15) is 8.42 Å². The fourth-order valence-corrected chi connectivity index (χ4v) is 5.61. The summed E-state index contributed by atoms with van der Waals surface area (Å²) in [6.45, 7) is 2.07. The van der Waals surface area contributed by atoms with Crippen molar-refractivity contribution in [3.63, 3.8) is 0 Å². The Kier molecular flexibility index (Phi) is 6.61. The van der Waals surface area contributed by atoms with Crippen molar-refractivity contribution in [2.24, 2.45) is 0 Å². The summed E-state index contributed by atoms with van der Waals surface area (Å²) in [4.78, 5) is 6.66. The predicted molar refractivity (Wildman–Crippen MR) is 150 cm³/mol. The van der Waals surface area contributed by atoms with Crippen molar-refractivity contribution in [3.8, 4) is 11.4 Å². The molecule has 2 aromatic heterocycles. The molecule has 0 spiro atoms. The lowest BCUT2D eigenvalue weighted by Crippen LogP contribution is -2.30. The molecule has 2 N–H and O–H groups in total. The van der Waals surface area contributed by atoms with Crippen LogP contribution in [0.4, 0.5) is 11.4 Å². The molecule has 2 aromatic carbocycles. The lowest BCUT2D eigenvalue weighted by Gasteiger charge is -2.29. The largest absolute Gasteiger partial charge is 0.494 e. The van der Waals surface area contributed by atoms with Gasteiger partial charge in [-0.25, -0.2) is 8.42 Å². The first-order valence-corrected chi connectivity index (χ1v) is 14.0. The van der Waals surface area contributed by atoms with Gasteiger partial charge in [0, 0.05) is 35.5 Å². The van der Waals surface area contributed by atoms with Crippen molar-refractivity contribution >= 4 is 38.7 Å².